The van der Waals surface area contributed by atoms with Gasteiger partial charge in [0.25, 0.3) is 5.91 Å². The zero-order chi connectivity index (χ0) is 32.5. The first-order valence-electron chi connectivity index (χ1n) is 15.3. The Hall–Kier alpha value is -2.98. The van der Waals surface area contributed by atoms with E-state index in [0.29, 0.717) is 45.2 Å². The fraction of sp³-hybridized carbons (Fsp3) is 0.515. The van der Waals surface area contributed by atoms with E-state index in [2.05, 4.69) is 43.6 Å². The molecular weight excluding hydrogens is 597 g/mol. The molecule has 2 aromatic carbocycles. The summed E-state index contributed by atoms with van der Waals surface area (Å²) in [6.45, 7) is 9.65. The van der Waals surface area contributed by atoms with Crippen molar-refractivity contribution in [2.24, 2.45) is 33.0 Å². The molecule has 44 heavy (non-hydrogen) atoms. The number of nitrogens with two attached hydrogens (primary N) is 2. The molecule has 4 rings (SSSR count). The van der Waals surface area contributed by atoms with Gasteiger partial charge in [-0.25, -0.2) is 11.4 Å². The minimum Gasteiger partial charge on any atom is -0.385 e. The number of hydrazine groups is 1. The lowest BCUT2D eigenvalue weighted by atomic mass is 9.67. The molecule has 1 unspecified atom stereocenters. The molecule has 1 aliphatic carbocycles. The summed E-state index contributed by atoms with van der Waals surface area (Å²) in [4.78, 5) is 32.7. The maximum atomic E-state index is 14.2. The smallest absolute Gasteiger partial charge is 0.275 e. The Morgan fingerprint density at radius 1 is 1.16 bits per heavy atom. The molecule has 1 amide bonds. The van der Waals surface area contributed by atoms with Gasteiger partial charge in [0, 0.05) is 21.2 Å². The van der Waals surface area contributed by atoms with Crippen LogP contribution in [0.15, 0.2) is 52.6 Å². The number of rotatable bonds is 11. The lowest BCUT2D eigenvalue weighted by Crippen LogP contribution is -2.51. The molecule has 1 saturated carbocycles. The van der Waals surface area contributed by atoms with E-state index in [1.807, 2.05) is 29.2 Å². The molecule has 0 bridgehead atoms. The number of aliphatic imine (C=N–C) groups is 1. The van der Waals surface area contributed by atoms with Gasteiger partial charge in [-0.3, -0.25) is 14.6 Å². The monoisotopic (exact) mass is 643 g/mol. The van der Waals surface area contributed by atoms with Crippen LogP contribution in [0.1, 0.15) is 100 Å². The molecule has 6 N–H and O–H groups in total. The van der Waals surface area contributed by atoms with Crippen LogP contribution in [-0.4, -0.2) is 47.9 Å². The highest BCUT2D eigenvalue weighted by atomic mass is 35.5. The Bertz CT molecular complexity index is 1320. The number of nitrogens with zero attached hydrogens (tertiary/aromatic N) is 3. The number of aldehydes is 1. The summed E-state index contributed by atoms with van der Waals surface area (Å²) in [6.07, 6.45) is 7.43. The van der Waals surface area contributed by atoms with E-state index in [-0.39, 0.29) is 17.4 Å². The summed E-state index contributed by atoms with van der Waals surface area (Å²) in [5, 5.41) is 7.25. The summed E-state index contributed by atoms with van der Waals surface area (Å²) < 4.78 is 0. The minimum absolute atomic E-state index is 0.0700. The number of likely N-dealkylation sites (N-methyl/N-ethyl adjacent to an activating group) is 1. The van der Waals surface area contributed by atoms with Crippen molar-refractivity contribution in [3.05, 3.63) is 69.2 Å². The SMILES string of the molecule is CCCC(c1ccc(C=O)cc1)N1C(=O)C(c2cc(Cl)cc(Cl)c2)=NC12CCC(C(C)(C)CC)CC2.CNC/C(N)=N/NN. The molecule has 11 heteroatoms. The number of amides is 1. The molecule has 240 valence electrons. The Balaban J connectivity index is 0.000000583. The van der Waals surface area contributed by atoms with Crippen molar-refractivity contribution in [2.45, 2.75) is 84.3 Å². The summed E-state index contributed by atoms with van der Waals surface area (Å²) >= 11 is 12.6. The predicted molar refractivity (Wildman–Crippen MR) is 181 cm³/mol. The van der Waals surface area contributed by atoms with Crippen molar-refractivity contribution in [2.75, 3.05) is 13.6 Å². The van der Waals surface area contributed by atoms with Gasteiger partial charge in [-0.05, 0) is 74.2 Å². The van der Waals surface area contributed by atoms with Crippen LogP contribution in [0.4, 0.5) is 0 Å². The second kappa shape index (κ2) is 15.8. The van der Waals surface area contributed by atoms with Gasteiger partial charge >= 0.3 is 0 Å². The molecule has 0 radical (unpaired) electrons. The number of hydrogen-bond donors (Lipinski definition) is 4. The number of nitrogens with one attached hydrogen (secondary N) is 2. The predicted octanol–water partition coefficient (Wildman–Crippen LogP) is 6.24. The second-order valence-corrected chi connectivity index (χ2v) is 13.1. The number of hydrazone groups is 1. The number of halogens is 2. The molecule has 1 fully saturated rings. The number of benzene rings is 2. The van der Waals surface area contributed by atoms with Crippen LogP contribution in [0.3, 0.4) is 0 Å². The Kier molecular flexibility index (Phi) is 12.8. The molecular formula is C33H47Cl2N7O2. The van der Waals surface area contributed by atoms with Gasteiger partial charge in [0.15, 0.2) is 0 Å². The molecule has 1 atom stereocenters. The van der Waals surface area contributed by atoms with Crippen molar-refractivity contribution in [3.8, 4) is 0 Å². The number of carbonyl (C=O) groups is 2. The van der Waals surface area contributed by atoms with Gasteiger partial charge in [-0.15, -0.1) is 0 Å². The van der Waals surface area contributed by atoms with E-state index in [0.717, 1.165) is 56.8 Å². The van der Waals surface area contributed by atoms with Crippen LogP contribution in [-0.2, 0) is 4.79 Å². The maximum absolute atomic E-state index is 14.2. The van der Waals surface area contributed by atoms with Crippen LogP contribution in [0.25, 0.3) is 0 Å². The Morgan fingerprint density at radius 3 is 2.27 bits per heavy atom. The Morgan fingerprint density at radius 2 is 1.77 bits per heavy atom. The fourth-order valence-corrected chi connectivity index (χ4v) is 6.77. The normalized spacial score (nSPS) is 21.0. The Labute approximate surface area is 271 Å². The molecule has 1 aliphatic heterocycles. The highest BCUT2D eigenvalue weighted by Gasteiger charge is 2.52. The van der Waals surface area contributed by atoms with Gasteiger partial charge < -0.3 is 16.0 Å². The average Bonchev–Trinajstić information content (AvgIpc) is 3.27. The standard InChI is InChI=1S/C30H36Cl2N2O2.C3H11N5/c1-5-7-26(21-10-8-20(19-35)9-11-21)34-28(36)27(22-16-24(31)18-25(32)17-22)33-30(34)14-12-23(13-15-30)29(3,4)6-2;1-6-2-3(4)7-8-5/h8-11,16-19,23,26H,5-7,12-15H2,1-4H3;6,8H,2,5H2,1H3,(H2,4,7). The van der Waals surface area contributed by atoms with E-state index in [9.17, 15) is 9.59 Å². The van der Waals surface area contributed by atoms with Gasteiger partial charge in [-0.1, -0.05) is 88.0 Å². The maximum Gasteiger partial charge on any atom is 0.275 e. The first-order chi connectivity index (χ1) is 20.9. The fourth-order valence-electron chi connectivity index (χ4n) is 6.24. The molecule has 2 aliphatic rings. The number of carbonyl (C=O) groups excluding carboxylic acids is 2. The largest absolute Gasteiger partial charge is 0.385 e. The van der Waals surface area contributed by atoms with Crippen LogP contribution < -0.4 is 22.4 Å². The van der Waals surface area contributed by atoms with Crippen molar-refractivity contribution >= 4 is 46.9 Å². The van der Waals surface area contributed by atoms with Gasteiger partial charge in [0.1, 0.15) is 23.5 Å². The molecule has 9 nitrogen and oxygen atoms in total. The van der Waals surface area contributed by atoms with E-state index in [1.54, 1.807) is 25.2 Å². The van der Waals surface area contributed by atoms with E-state index in [1.165, 1.54) is 0 Å². The van der Waals surface area contributed by atoms with E-state index >= 15 is 0 Å². The molecule has 1 spiro atoms. The summed E-state index contributed by atoms with van der Waals surface area (Å²) in [7, 11) is 1.78. The third-order valence-electron chi connectivity index (χ3n) is 9.03. The summed E-state index contributed by atoms with van der Waals surface area (Å²) in [5.41, 5.74) is 9.76. The van der Waals surface area contributed by atoms with Crippen molar-refractivity contribution in [3.63, 3.8) is 0 Å². The van der Waals surface area contributed by atoms with Gasteiger partial charge in [0.05, 0.1) is 12.6 Å². The van der Waals surface area contributed by atoms with Crippen LogP contribution in [0.2, 0.25) is 10.0 Å². The first-order valence-corrected chi connectivity index (χ1v) is 16.1. The highest BCUT2D eigenvalue weighted by molar-refractivity contribution is 6.47. The van der Waals surface area contributed by atoms with Crippen molar-refractivity contribution in [1.82, 2.24) is 15.8 Å². The topological polar surface area (TPSA) is 138 Å². The number of hydrogen-bond acceptors (Lipinski definition) is 7. The third kappa shape index (κ3) is 8.38. The van der Waals surface area contributed by atoms with Crippen LogP contribution in [0, 0.1) is 11.3 Å². The second-order valence-electron chi connectivity index (χ2n) is 12.2. The lowest BCUT2D eigenvalue weighted by Gasteiger charge is -2.48. The van der Waals surface area contributed by atoms with E-state index < -0.39 is 5.66 Å². The zero-order valence-corrected chi connectivity index (χ0v) is 28.0. The number of amidine groups is 1. The van der Waals surface area contributed by atoms with Crippen LogP contribution in [0.5, 0.6) is 0 Å². The molecule has 0 saturated heterocycles. The highest BCUT2D eigenvalue weighted by Crippen LogP contribution is 2.50. The lowest BCUT2D eigenvalue weighted by molar-refractivity contribution is -0.133. The summed E-state index contributed by atoms with van der Waals surface area (Å²) in [6, 6.07) is 12.7. The third-order valence-corrected chi connectivity index (χ3v) is 9.46. The van der Waals surface area contributed by atoms with Crippen molar-refractivity contribution in [1.29, 1.82) is 0 Å². The van der Waals surface area contributed by atoms with Gasteiger partial charge in [-0.2, -0.15) is 5.10 Å². The molecule has 1 heterocycles. The summed E-state index contributed by atoms with van der Waals surface area (Å²) in [5.74, 6) is 5.78. The van der Waals surface area contributed by atoms with Gasteiger partial charge in [0.2, 0.25) is 0 Å². The minimum atomic E-state index is -0.593. The first kappa shape index (κ1) is 35.5. The van der Waals surface area contributed by atoms with Crippen molar-refractivity contribution < 1.29 is 9.59 Å². The molecule has 2 aromatic rings. The average molecular weight is 645 g/mol. The quantitative estimate of drug-likeness (QED) is 0.0751. The van der Waals surface area contributed by atoms with E-state index in [4.69, 9.17) is 39.8 Å². The molecule has 0 aromatic heterocycles. The zero-order valence-electron chi connectivity index (χ0n) is 26.5. The van der Waals surface area contributed by atoms with Crippen LogP contribution >= 0.6 is 23.2 Å².